The van der Waals surface area contributed by atoms with Crippen LogP contribution in [0.3, 0.4) is 0 Å². The Labute approximate surface area is 95.5 Å². The van der Waals surface area contributed by atoms with Crippen molar-refractivity contribution >= 4 is 5.69 Å². The van der Waals surface area contributed by atoms with Crippen LogP contribution in [0.15, 0.2) is 0 Å². The second kappa shape index (κ2) is 5.81. The van der Waals surface area contributed by atoms with E-state index in [1.165, 1.54) is 0 Å². The van der Waals surface area contributed by atoms with Gasteiger partial charge in [-0.3, -0.25) is 0 Å². The molecule has 0 spiro atoms. The Bertz CT molecular complexity index is 374. The number of rotatable bonds is 5. The lowest BCUT2D eigenvalue weighted by molar-refractivity contribution is 0.265. The Hall–Kier alpha value is -1.37. The quantitative estimate of drug-likeness (QED) is 0.623. The zero-order valence-corrected chi connectivity index (χ0v) is 9.10. The molecule has 0 amide bonds. The number of aliphatic hydroxyl groups excluding tert-OH is 1. The molecule has 0 saturated carbocycles. The van der Waals surface area contributed by atoms with Crippen molar-refractivity contribution in [3.8, 4) is 0 Å². The maximum Gasteiger partial charge on any atom is 0.253 e. The SMILES string of the molecule is CC(CCO)CNc1c(F)c(F)nc(F)c1F. The molecule has 1 atom stereocenters. The van der Waals surface area contributed by atoms with Crippen molar-refractivity contribution in [1.29, 1.82) is 0 Å². The molecule has 17 heavy (non-hydrogen) atoms. The minimum Gasteiger partial charge on any atom is -0.396 e. The van der Waals surface area contributed by atoms with Crippen LogP contribution in [0.2, 0.25) is 0 Å². The van der Waals surface area contributed by atoms with E-state index in [1.54, 1.807) is 6.92 Å². The fourth-order valence-electron chi connectivity index (χ4n) is 1.24. The number of anilines is 1. The third-order valence-corrected chi connectivity index (χ3v) is 2.25. The monoisotopic (exact) mass is 252 g/mol. The first-order valence-corrected chi connectivity index (χ1v) is 5.02. The number of hydrogen-bond acceptors (Lipinski definition) is 3. The molecule has 0 aliphatic rings. The zero-order chi connectivity index (χ0) is 13.0. The summed E-state index contributed by atoms with van der Waals surface area (Å²) in [7, 11) is 0. The van der Waals surface area contributed by atoms with Gasteiger partial charge in [-0.05, 0) is 12.3 Å². The molecule has 7 heteroatoms. The minimum atomic E-state index is -1.69. The van der Waals surface area contributed by atoms with E-state index in [0.29, 0.717) is 6.42 Å². The lowest BCUT2D eigenvalue weighted by Crippen LogP contribution is -2.16. The molecule has 0 aliphatic carbocycles. The Morgan fingerprint density at radius 1 is 1.18 bits per heavy atom. The highest BCUT2D eigenvalue weighted by Gasteiger charge is 2.20. The van der Waals surface area contributed by atoms with Gasteiger partial charge < -0.3 is 10.4 Å². The van der Waals surface area contributed by atoms with Gasteiger partial charge in [-0.1, -0.05) is 6.92 Å². The first-order valence-electron chi connectivity index (χ1n) is 5.02. The van der Waals surface area contributed by atoms with Crippen LogP contribution >= 0.6 is 0 Å². The van der Waals surface area contributed by atoms with E-state index in [9.17, 15) is 17.6 Å². The second-order valence-corrected chi connectivity index (χ2v) is 3.69. The summed E-state index contributed by atoms with van der Waals surface area (Å²) in [4.78, 5) is 2.43. The third-order valence-electron chi connectivity index (χ3n) is 2.25. The molecular formula is C10H12F4N2O. The Morgan fingerprint density at radius 2 is 1.71 bits per heavy atom. The fraction of sp³-hybridized carbons (Fsp3) is 0.500. The standard InChI is InChI=1S/C10H12F4N2O/c1-5(2-3-17)4-15-8-6(11)9(13)16-10(14)7(8)12/h5,17H,2-4H2,1H3,(H,15,16). The number of nitrogens with zero attached hydrogens (tertiary/aromatic N) is 1. The summed E-state index contributed by atoms with van der Waals surface area (Å²) in [6.07, 6.45) is 0.409. The van der Waals surface area contributed by atoms with Gasteiger partial charge in [-0.25, -0.2) is 0 Å². The summed E-state index contributed by atoms with van der Waals surface area (Å²) in [5.41, 5.74) is -0.875. The summed E-state index contributed by atoms with van der Waals surface area (Å²) < 4.78 is 51.7. The van der Waals surface area contributed by atoms with Gasteiger partial charge in [0.1, 0.15) is 5.69 Å². The number of halogens is 4. The minimum absolute atomic E-state index is 0.0765. The maximum atomic E-state index is 13.1. The molecule has 0 fully saturated rings. The van der Waals surface area contributed by atoms with Crippen molar-refractivity contribution in [1.82, 2.24) is 4.98 Å². The molecule has 0 bridgehead atoms. The van der Waals surface area contributed by atoms with Crippen LogP contribution in [0.25, 0.3) is 0 Å². The van der Waals surface area contributed by atoms with Crippen molar-refractivity contribution in [3.63, 3.8) is 0 Å². The molecule has 1 heterocycles. The van der Waals surface area contributed by atoms with Crippen LogP contribution in [0.5, 0.6) is 0 Å². The molecule has 96 valence electrons. The van der Waals surface area contributed by atoms with Crippen molar-refractivity contribution in [2.24, 2.45) is 5.92 Å². The summed E-state index contributed by atoms with van der Waals surface area (Å²) in [6, 6.07) is 0. The molecule has 0 aliphatic heterocycles. The molecule has 0 saturated heterocycles. The average Bonchev–Trinajstić information content (AvgIpc) is 2.27. The Balaban J connectivity index is 2.83. The van der Waals surface area contributed by atoms with Crippen LogP contribution in [0.1, 0.15) is 13.3 Å². The fourth-order valence-corrected chi connectivity index (χ4v) is 1.24. The largest absolute Gasteiger partial charge is 0.396 e. The molecule has 1 aromatic rings. The highest BCUT2D eigenvalue weighted by atomic mass is 19.2. The predicted molar refractivity (Wildman–Crippen MR) is 53.4 cm³/mol. The Morgan fingerprint density at radius 3 is 2.18 bits per heavy atom. The van der Waals surface area contributed by atoms with Gasteiger partial charge in [0.15, 0.2) is 0 Å². The highest BCUT2D eigenvalue weighted by Crippen LogP contribution is 2.22. The summed E-state index contributed by atoms with van der Waals surface area (Å²) in [5.74, 6) is -6.60. The van der Waals surface area contributed by atoms with Gasteiger partial charge >= 0.3 is 0 Å². The smallest absolute Gasteiger partial charge is 0.253 e. The highest BCUT2D eigenvalue weighted by molar-refractivity contribution is 5.45. The lowest BCUT2D eigenvalue weighted by atomic mass is 10.1. The van der Waals surface area contributed by atoms with Crippen molar-refractivity contribution in [3.05, 3.63) is 23.5 Å². The summed E-state index contributed by atoms with van der Waals surface area (Å²) >= 11 is 0. The average molecular weight is 252 g/mol. The molecule has 1 unspecified atom stereocenters. The van der Waals surface area contributed by atoms with Gasteiger partial charge in [0.05, 0.1) is 0 Å². The molecular weight excluding hydrogens is 240 g/mol. The number of pyridine rings is 1. The van der Waals surface area contributed by atoms with E-state index in [4.69, 9.17) is 5.11 Å². The number of nitrogens with one attached hydrogen (secondary N) is 1. The van der Waals surface area contributed by atoms with Gasteiger partial charge in [0.25, 0.3) is 11.9 Å². The van der Waals surface area contributed by atoms with E-state index in [1.807, 2.05) is 0 Å². The molecule has 1 aromatic heterocycles. The zero-order valence-electron chi connectivity index (χ0n) is 9.10. The molecule has 2 N–H and O–H groups in total. The van der Waals surface area contributed by atoms with E-state index in [0.717, 1.165) is 0 Å². The predicted octanol–water partition coefficient (Wildman–Crippen LogP) is 2.07. The first kappa shape index (κ1) is 13.7. The van der Waals surface area contributed by atoms with Crippen LogP contribution in [0.4, 0.5) is 23.2 Å². The molecule has 0 radical (unpaired) electrons. The van der Waals surface area contributed by atoms with Crippen LogP contribution in [-0.2, 0) is 0 Å². The molecule has 3 nitrogen and oxygen atoms in total. The van der Waals surface area contributed by atoms with Crippen LogP contribution in [0, 0.1) is 29.4 Å². The van der Waals surface area contributed by atoms with Crippen molar-refractivity contribution in [2.45, 2.75) is 13.3 Å². The summed E-state index contributed by atoms with van der Waals surface area (Å²) in [6.45, 7) is 1.72. The maximum absolute atomic E-state index is 13.1. The summed E-state index contributed by atoms with van der Waals surface area (Å²) in [5, 5.41) is 10.9. The van der Waals surface area contributed by atoms with Gasteiger partial charge in [0, 0.05) is 13.2 Å². The number of hydrogen-bond donors (Lipinski definition) is 2. The van der Waals surface area contributed by atoms with Crippen molar-refractivity contribution < 1.29 is 22.7 Å². The van der Waals surface area contributed by atoms with Gasteiger partial charge in [-0.15, -0.1) is 0 Å². The normalized spacial score (nSPS) is 12.6. The van der Waals surface area contributed by atoms with Crippen molar-refractivity contribution in [2.75, 3.05) is 18.5 Å². The number of aromatic nitrogens is 1. The van der Waals surface area contributed by atoms with E-state index in [2.05, 4.69) is 10.3 Å². The van der Waals surface area contributed by atoms with Gasteiger partial charge in [-0.2, -0.15) is 22.5 Å². The topological polar surface area (TPSA) is 45.1 Å². The van der Waals surface area contributed by atoms with Crippen LogP contribution in [-0.4, -0.2) is 23.2 Å². The van der Waals surface area contributed by atoms with Crippen LogP contribution < -0.4 is 5.32 Å². The number of aliphatic hydroxyl groups is 1. The Kier molecular flexibility index (Phi) is 4.68. The van der Waals surface area contributed by atoms with Gasteiger partial charge in [0.2, 0.25) is 11.6 Å². The molecule has 1 rings (SSSR count). The molecule has 0 aromatic carbocycles. The van der Waals surface area contributed by atoms with E-state index < -0.39 is 29.2 Å². The first-order chi connectivity index (χ1) is 7.97. The lowest BCUT2D eigenvalue weighted by Gasteiger charge is -2.13. The third kappa shape index (κ3) is 3.29. The van der Waals surface area contributed by atoms with E-state index in [-0.39, 0.29) is 19.1 Å². The van der Waals surface area contributed by atoms with E-state index >= 15 is 0 Å². The second-order valence-electron chi connectivity index (χ2n) is 3.69.